The van der Waals surface area contributed by atoms with Crippen LogP contribution in [0.5, 0.6) is 0 Å². The van der Waals surface area contributed by atoms with Crippen LogP contribution in [0.3, 0.4) is 0 Å². The van der Waals surface area contributed by atoms with Gasteiger partial charge in [-0.2, -0.15) is 11.8 Å². The van der Waals surface area contributed by atoms with Gasteiger partial charge in [-0.1, -0.05) is 51.1 Å². The Kier molecular flexibility index (Phi) is 5.88. The van der Waals surface area contributed by atoms with Crippen LogP contribution in [0.1, 0.15) is 26.3 Å². The Morgan fingerprint density at radius 1 is 1.32 bits per heavy atom. The Morgan fingerprint density at radius 3 is 2.32 bits per heavy atom. The molecule has 0 aliphatic carbocycles. The molecular formula is C15H23NO2S. The molecule has 0 fully saturated rings. The number of carbonyl (C=O) groups is 1. The second-order valence-corrected chi connectivity index (χ2v) is 6.45. The number of aliphatic carboxylic acids is 1. The van der Waals surface area contributed by atoms with E-state index in [0.717, 1.165) is 5.56 Å². The number of benzene rings is 1. The first-order valence-electron chi connectivity index (χ1n) is 6.53. The molecule has 0 saturated heterocycles. The predicted molar refractivity (Wildman–Crippen MR) is 81.6 cm³/mol. The number of rotatable bonds is 7. The highest BCUT2D eigenvalue weighted by Crippen LogP contribution is 2.30. The smallest absolute Gasteiger partial charge is 0.329 e. The first-order valence-corrected chi connectivity index (χ1v) is 7.58. The van der Waals surface area contributed by atoms with Crippen LogP contribution < -0.4 is 5.32 Å². The first-order chi connectivity index (χ1) is 8.94. The van der Waals surface area contributed by atoms with Crippen LogP contribution in [0.2, 0.25) is 0 Å². The van der Waals surface area contributed by atoms with Crippen molar-refractivity contribution < 1.29 is 9.90 Å². The van der Waals surface area contributed by atoms with Crippen molar-refractivity contribution in [3.05, 3.63) is 35.9 Å². The third-order valence-electron chi connectivity index (χ3n) is 3.56. The van der Waals surface area contributed by atoms with Crippen molar-refractivity contribution in [2.75, 3.05) is 12.8 Å². The molecule has 2 N–H and O–H groups in total. The largest absolute Gasteiger partial charge is 0.480 e. The second kappa shape index (κ2) is 6.96. The van der Waals surface area contributed by atoms with E-state index in [4.69, 9.17) is 0 Å². The van der Waals surface area contributed by atoms with Crippen molar-refractivity contribution in [1.82, 2.24) is 5.32 Å². The third kappa shape index (κ3) is 3.74. The van der Waals surface area contributed by atoms with E-state index in [9.17, 15) is 9.90 Å². The van der Waals surface area contributed by atoms with Gasteiger partial charge < -0.3 is 10.4 Å². The molecule has 0 bridgehead atoms. The summed E-state index contributed by atoms with van der Waals surface area (Å²) < 4.78 is 0. The molecule has 0 radical (unpaired) electrons. The highest BCUT2D eigenvalue weighted by Gasteiger charge is 2.39. The van der Waals surface area contributed by atoms with Crippen LogP contribution in [0, 0.1) is 5.92 Å². The zero-order valence-electron chi connectivity index (χ0n) is 12.0. The SMILES string of the molecule is CNC(CSC(C)C(C)C)(C(=O)O)c1ccccc1. The summed E-state index contributed by atoms with van der Waals surface area (Å²) in [5, 5.41) is 13.1. The Morgan fingerprint density at radius 2 is 1.89 bits per heavy atom. The summed E-state index contributed by atoms with van der Waals surface area (Å²) in [7, 11) is 1.71. The number of hydrogen-bond acceptors (Lipinski definition) is 3. The zero-order chi connectivity index (χ0) is 14.5. The molecule has 0 spiro atoms. The normalized spacial score (nSPS) is 16.1. The van der Waals surface area contributed by atoms with Crippen molar-refractivity contribution in [2.24, 2.45) is 5.92 Å². The quantitative estimate of drug-likeness (QED) is 0.807. The molecule has 0 saturated carbocycles. The fourth-order valence-electron chi connectivity index (χ4n) is 1.76. The van der Waals surface area contributed by atoms with Crippen molar-refractivity contribution in [2.45, 2.75) is 31.6 Å². The molecule has 0 aromatic heterocycles. The molecule has 2 unspecified atom stereocenters. The van der Waals surface area contributed by atoms with Gasteiger partial charge in [0.2, 0.25) is 0 Å². The minimum atomic E-state index is -1.02. The molecule has 0 heterocycles. The van der Waals surface area contributed by atoms with Crippen molar-refractivity contribution in [1.29, 1.82) is 0 Å². The Labute approximate surface area is 119 Å². The summed E-state index contributed by atoms with van der Waals surface area (Å²) in [5.74, 6) is 0.219. The number of thioether (sulfide) groups is 1. The molecule has 1 rings (SSSR count). The van der Waals surface area contributed by atoms with Crippen LogP contribution >= 0.6 is 11.8 Å². The molecule has 0 aliphatic rings. The summed E-state index contributed by atoms with van der Waals surface area (Å²) in [4.78, 5) is 11.8. The van der Waals surface area contributed by atoms with E-state index in [1.807, 2.05) is 30.3 Å². The Hall–Kier alpha value is -1.00. The highest BCUT2D eigenvalue weighted by molar-refractivity contribution is 8.00. The molecule has 19 heavy (non-hydrogen) atoms. The number of carboxylic acid groups (broad SMARTS) is 1. The number of nitrogens with one attached hydrogen (secondary N) is 1. The van der Waals surface area contributed by atoms with Gasteiger partial charge in [-0.05, 0) is 18.5 Å². The minimum absolute atomic E-state index is 0.427. The average Bonchev–Trinajstić information content (AvgIpc) is 2.40. The molecule has 106 valence electrons. The van der Waals surface area contributed by atoms with Gasteiger partial charge in [0.15, 0.2) is 5.54 Å². The van der Waals surface area contributed by atoms with Gasteiger partial charge >= 0.3 is 5.97 Å². The van der Waals surface area contributed by atoms with E-state index in [-0.39, 0.29) is 0 Å². The number of carboxylic acids is 1. The van der Waals surface area contributed by atoms with Gasteiger partial charge in [-0.15, -0.1) is 0 Å². The second-order valence-electron chi connectivity index (χ2n) is 5.09. The van der Waals surface area contributed by atoms with E-state index >= 15 is 0 Å². The summed E-state index contributed by atoms with van der Waals surface area (Å²) in [6.07, 6.45) is 0. The molecule has 0 aliphatic heterocycles. The summed E-state index contributed by atoms with van der Waals surface area (Å²) in [6, 6.07) is 9.38. The standard InChI is InChI=1S/C15H23NO2S/c1-11(2)12(3)19-10-15(16-4,14(17)18)13-8-6-5-7-9-13/h5-9,11-12,16H,10H2,1-4H3,(H,17,18). The highest BCUT2D eigenvalue weighted by atomic mass is 32.2. The van der Waals surface area contributed by atoms with Gasteiger partial charge in [-0.25, -0.2) is 4.79 Å². The Balaban J connectivity index is 2.98. The maximum absolute atomic E-state index is 11.8. The molecule has 1 aromatic rings. The van der Waals surface area contributed by atoms with E-state index < -0.39 is 11.5 Å². The van der Waals surface area contributed by atoms with Gasteiger partial charge in [0, 0.05) is 11.0 Å². The summed E-state index contributed by atoms with van der Waals surface area (Å²) >= 11 is 1.70. The van der Waals surface area contributed by atoms with Crippen LogP contribution in [0.25, 0.3) is 0 Å². The lowest BCUT2D eigenvalue weighted by Gasteiger charge is -2.31. The fraction of sp³-hybridized carbons (Fsp3) is 0.533. The lowest BCUT2D eigenvalue weighted by molar-refractivity contribution is -0.144. The molecule has 1 aromatic carbocycles. The molecular weight excluding hydrogens is 258 g/mol. The van der Waals surface area contributed by atoms with Crippen LogP contribution in [-0.4, -0.2) is 29.1 Å². The lowest BCUT2D eigenvalue weighted by atomic mass is 9.92. The van der Waals surface area contributed by atoms with Crippen LogP contribution in [0.15, 0.2) is 30.3 Å². The predicted octanol–water partition coefficient (Wildman–Crippen LogP) is 2.96. The van der Waals surface area contributed by atoms with Gasteiger partial charge in [0.05, 0.1) is 0 Å². The minimum Gasteiger partial charge on any atom is -0.480 e. The third-order valence-corrected chi connectivity index (χ3v) is 5.23. The molecule has 4 heteroatoms. The maximum Gasteiger partial charge on any atom is 0.329 e. The van der Waals surface area contributed by atoms with E-state index in [1.165, 1.54) is 0 Å². The molecule has 3 nitrogen and oxygen atoms in total. The topological polar surface area (TPSA) is 49.3 Å². The molecule has 2 atom stereocenters. The van der Waals surface area contributed by atoms with E-state index in [1.54, 1.807) is 18.8 Å². The maximum atomic E-state index is 11.8. The summed E-state index contributed by atoms with van der Waals surface area (Å²) in [5.41, 5.74) is -0.219. The monoisotopic (exact) mass is 281 g/mol. The molecule has 0 amide bonds. The van der Waals surface area contributed by atoms with Crippen LogP contribution in [-0.2, 0) is 10.3 Å². The van der Waals surface area contributed by atoms with Crippen molar-refractivity contribution in [3.8, 4) is 0 Å². The van der Waals surface area contributed by atoms with E-state index in [2.05, 4.69) is 26.1 Å². The Bertz CT molecular complexity index is 408. The number of likely N-dealkylation sites (N-methyl/N-ethyl adjacent to an activating group) is 1. The lowest BCUT2D eigenvalue weighted by Crippen LogP contribution is -2.50. The van der Waals surface area contributed by atoms with Crippen molar-refractivity contribution in [3.63, 3.8) is 0 Å². The average molecular weight is 281 g/mol. The summed E-state index contributed by atoms with van der Waals surface area (Å²) in [6.45, 7) is 6.45. The van der Waals surface area contributed by atoms with Gasteiger partial charge in [-0.3, -0.25) is 0 Å². The van der Waals surface area contributed by atoms with Gasteiger partial charge in [0.25, 0.3) is 0 Å². The fourth-order valence-corrected chi connectivity index (χ4v) is 3.10. The van der Waals surface area contributed by atoms with E-state index in [0.29, 0.717) is 16.9 Å². The zero-order valence-corrected chi connectivity index (χ0v) is 12.8. The first kappa shape index (κ1) is 16.1. The van der Waals surface area contributed by atoms with Crippen molar-refractivity contribution >= 4 is 17.7 Å². The van der Waals surface area contributed by atoms with Crippen LogP contribution in [0.4, 0.5) is 0 Å². The van der Waals surface area contributed by atoms with Gasteiger partial charge in [0.1, 0.15) is 0 Å². The number of hydrogen-bond donors (Lipinski definition) is 2.